The number of rotatable bonds is 2. The fraction of sp³-hybridized carbons (Fsp3) is 1.00. The van der Waals surface area contributed by atoms with E-state index >= 15 is 0 Å². The fourth-order valence-corrected chi connectivity index (χ4v) is 2.01. The highest BCUT2D eigenvalue weighted by atomic mass is 79.9. The zero-order chi connectivity index (χ0) is 9.19. The molecule has 0 N–H and O–H groups in total. The van der Waals surface area contributed by atoms with Gasteiger partial charge in [-0.05, 0) is 19.3 Å². The first kappa shape index (κ1) is 10.3. The van der Waals surface area contributed by atoms with Crippen molar-refractivity contribution < 1.29 is 17.9 Å². The van der Waals surface area contributed by atoms with Gasteiger partial charge in [-0.3, -0.25) is 0 Å². The van der Waals surface area contributed by atoms with Crippen molar-refractivity contribution in [2.45, 2.75) is 36.4 Å². The van der Waals surface area contributed by atoms with Gasteiger partial charge in [-0.15, -0.1) is 0 Å². The molecule has 0 spiro atoms. The van der Waals surface area contributed by atoms with Crippen molar-refractivity contribution in [3.05, 3.63) is 0 Å². The molecule has 1 fully saturated rings. The van der Waals surface area contributed by atoms with Gasteiger partial charge in [-0.2, -0.15) is 13.2 Å². The lowest BCUT2D eigenvalue weighted by Gasteiger charge is -2.16. The van der Waals surface area contributed by atoms with Crippen LogP contribution < -0.4 is 0 Å². The zero-order valence-electron chi connectivity index (χ0n) is 6.40. The van der Waals surface area contributed by atoms with Gasteiger partial charge in [0, 0.05) is 4.83 Å². The van der Waals surface area contributed by atoms with Crippen molar-refractivity contribution in [1.29, 1.82) is 0 Å². The minimum absolute atomic E-state index is 0.0971. The van der Waals surface area contributed by atoms with E-state index in [-0.39, 0.29) is 10.9 Å². The van der Waals surface area contributed by atoms with Crippen molar-refractivity contribution in [1.82, 2.24) is 0 Å². The smallest absolute Gasteiger partial charge is 0.368 e. The van der Waals surface area contributed by atoms with Crippen LogP contribution in [-0.2, 0) is 4.74 Å². The maximum Gasteiger partial charge on any atom is 0.411 e. The minimum Gasteiger partial charge on any atom is -0.368 e. The molecule has 0 heterocycles. The Bertz CT molecular complexity index is 148. The van der Waals surface area contributed by atoms with Gasteiger partial charge in [0.25, 0.3) is 0 Å². The minimum atomic E-state index is -4.20. The number of alkyl halides is 4. The summed E-state index contributed by atoms with van der Waals surface area (Å²) in [5.74, 6) is 0. The van der Waals surface area contributed by atoms with E-state index in [0.29, 0.717) is 0 Å². The van der Waals surface area contributed by atoms with Crippen LogP contribution in [-0.4, -0.2) is 23.7 Å². The Kier molecular flexibility index (Phi) is 3.40. The number of ether oxygens (including phenoxy) is 1. The van der Waals surface area contributed by atoms with E-state index in [2.05, 4.69) is 15.9 Å². The average molecular weight is 247 g/mol. The zero-order valence-corrected chi connectivity index (χ0v) is 7.99. The third-order valence-corrected chi connectivity index (χ3v) is 2.88. The van der Waals surface area contributed by atoms with Crippen molar-refractivity contribution in [2.75, 3.05) is 6.61 Å². The molecule has 12 heavy (non-hydrogen) atoms. The van der Waals surface area contributed by atoms with Gasteiger partial charge in [0.2, 0.25) is 0 Å². The SMILES string of the molecule is FC(F)(F)COC1CCCC1Br. The summed E-state index contributed by atoms with van der Waals surface area (Å²) in [6.07, 6.45) is -1.88. The highest BCUT2D eigenvalue weighted by molar-refractivity contribution is 9.09. The van der Waals surface area contributed by atoms with Gasteiger partial charge in [0.15, 0.2) is 0 Å². The second kappa shape index (κ2) is 3.96. The lowest BCUT2D eigenvalue weighted by atomic mass is 10.3. The number of halogens is 4. The van der Waals surface area contributed by atoms with Crippen molar-refractivity contribution in [3.63, 3.8) is 0 Å². The van der Waals surface area contributed by atoms with Gasteiger partial charge >= 0.3 is 6.18 Å². The van der Waals surface area contributed by atoms with Crippen molar-refractivity contribution in [2.24, 2.45) is 0 Å². The average Bonchev–Trinajstić information content (AvgIpc) is 2.29. The molecular weight excluding hydrogens is 237 g/mol. The molecule has 0 aliphatic heterocycles. The number of hydrogen-bond acceptors (Lipinski definition) is 1. The van der Waals surface area contributed by atoms with E-state index in [0.717, 1.165) is 19.3 Å². The maximum atomic E-state index is 11.7. The largest absolute Gasteiger partial charge is 0.411 e. The van der Waals surface area contributed by atoms with E-state index in [1.807, 2.05) is 0 Å². The summed E-state index contributed by atoms with van der Waals surface area (Å²) < 4.78 is 39.8. The molecule has 0 aromatic heterocycles. The normalized spacial score (nSPS) is 31.0. The van der Waals surface area contributed by atoms with Crippen molar-refractivity contribution in [3.8, 4) is 0 Å². The molecule has 2 unspecified atom stereocenters. The number of hydrogen-bond donors (Lipinski definition) is 0. The second-order valence-corrected chi connectivity index (χ2v) is 4.09. The van der Waals surface area contributed by atoms with Crippen molar-refractivity contribution >= 4 is 15.9 Å². The molecule has 0 radical (unpaired) electrons. The Morgan fingerprint density at radius 3 is 2.42 bits per heavy atom. The first-order valence-corrected chi connectivity index (χ1v) is 4.73. The summed E-state index contributed by atoms with van der Waals surface area (Å²) in [5, 5.41) is 0. The van der Waals surface area contributed by atoms with Gasteiger partial charge in [-0.1, -0.05) is 15.9 Å². The second-order valence-electron chi connectivity index (χ2n) is 2.91. The van der Waals surface area contributed by atoms with Crippen LogP contribution in [0.5, 0.6) is 0 Å². The molecule has 0 aromatic rings. The Balaban J connectivity index is 2.23. The van der Waals surface area contributed by atoms with E-state index in [4.69, 9.17) is 4.74 Å². The summed E-state index contributed by atoms with van der Waals surface area (Å²) in [7, 11) is 0. The van der Waals surface area contributed by atoms with Gasteiger partial charge in [0.1, 0.15) is 6.61 Å². The van der Waals surface area contributed by atoms with Crippen LogP contribution in [0.4, 0.5) is 13.2 Å². The molecule has 0 amide bonds. The fourth-order valence-electron chi connectivity index (χ4n) is 1.27. The van der Waals surface area contributed by atoms with Crippen LogP contribution in [0.1, 0.15) is 19.3 Å². The van der Waals surface area contributed by atoms with Crippen LogP contribution in [0.2, 0.25) is 0 Å². The Hall–Kier alpha value is 0.230. The van der Waals surface area contributed by atoms with E-state index in [1.54, 1.807) is 0 Å². The molecule has 2 atom stereocenters. The van der Waals surface area contributed by atoms with Crippen LogP contribution in [0, 0.1) is 0 Å². The Morgan fingerprint density at radius 1 is 1.33 bits per heavy atom. The summed E-state index contributed by atoms with van der Waals surface area (Å²) in [6, 6.07) is 0. The molecule has 1 nitrogen and oxygen atoms in total. The first-order chi connectivity index (χ1) is 5.49. The summed E-state index contributed by atoms with van der Waals surface area (Å²) in [4.78, 5) is 0.0971. The predicted molar refractivity (Wildman–Crippen MR) is 42.4 cm³/mol. The highest BCUT2D eigenvalue weighted by Crippen LogP contribution is 2.29. The van der Waals surface area contributed by atoms with Crippen LogP contribution in [0.15, 0.2) is 0 Å². The standard InChI is InChI=1S/C7H10BrF3O/c8-5-2-1-3-6(5)12-4-7(9,10)11/h5-6H,1-4H2. The maximum absolute atomic E-state index is 11.7. The van der Waals surface area contributed by atoms with E-state index < -0.39 is 12.8 Å². The third kappa shape index (κ3) is 3.31. The molecule has 5 heteroatoms. The molecule has 72 valence electrons. The van der Waals surface area contributed by atoms with Crippen LogP contribution in [0.3, 0.4) is 0 Å². The lowest BCUT2D eigenvalue weighted by Crippen LogP contribution is -2.25. The van der Waals surface area contributed by atoms with Crippen LogP contribution >= 0.6 is 15.9 Å². The molecule has 1 saturated carbocycles. The van der Waals surface area contributed by atoms with Gasteiger partial charge in [-0.25, -0.2) is 0 Å². The highest BCUT2D eigenvalue weighted by Gasteiger charge is 2.32. The van der Waals surface area contributed by atoms with Crippen LogP contribution in [0.25, 0.3) is 0 Å². The Labute approximate surface area is 77.4 Å². The topological polar surface area (TPSA) is 9.23 Å². The molecule has 0 saturated heterocycles. The summed E-state index contributed by atoms with van der Waals surface area (Å²) in [5.41, 5.74) is 0. The third-order valence-electron chi connectivity index (χ3n) is 1.83. The van der Waals surface area contributed by atoms with Gasteiger partial charge in [0.05, 0.1) is 6.10 Å². The van der Waals surface area contributed by atoms with E-state index in [9.17, 15) is 13.2 Å². The summed E-state index contributed by atoms with van der Waals surface area (Å²) in [6.45, 7) is -1.13. The molecule has 1 aliphatic rings. The predicted octanol–water partition coefficient (Wildman–Crippen LogP) is 2.88. The van der Waals surface area contributed by atoms with E-state index in [1.165, 1.54) is 0 Å². The molecule has 0 aromatic carbocycles. The molecule has 0 bridgehead atoms. The summed E-state index contributed by atoms with van der Waals surface area (Å²) >= 11 is 3.28. The first-order valence-electron chi connectivity index (χ1n) is 3.81. The van der Waals surface area contributed by atoms with Gasteiger partial charge < -0.3 is 4.74 Å². The molecular formula is C7H10BrF3O. The monoisotopic (exact) mass is 246 g/mol. The molecule has 1 rings (SSSR count). The quantitative estimate of drug-likeness (QED) is 0.681. The Morgan fingerprint density at radius 2 is 2.00 bits per heavy atom. The lowest BCUT2D eigenvalue weighted by molar-refractivity contribution is -0.183. The molecule has 1 aliphatic carbocycles.